The number of aliphatic hydroxyl groups excluding tert-OH is 1. The first-order chi connectivity index (χ1) is 12.5. The third kappa shape index (κ3) is 3.10. The number of nitrogens with one attached hydrogen (secondary N) is 2. The van der Waals surface area contributed by atoms with Gasteiger partial charge in [0.25, 0.3) is 5.91 Å². The monoisotopic (exact) mass is 353 g/mol. The van der Waals surface area contributed by atoms with Gasteiger partial charge >= 0.3 is 0 Å². The fourth-order valence-corrected chi connectivity index (χ4v) is 3.81. The van der Waals surface area contributed by atoms with Crippen LogP contribution in [0, 0.1) is 12.8 Å². The molecule has 7 heteroatoms. The first kappa shape index (κ1) is 16.8. The van der Waals surface area contributed by atoms with Gasteiger partial charge in [0.15, 0.2) is 5.82 Å². The molecule has 1 saturated carbocycles. The van der Waals surface area contributed by atoms with Crippen LogP contribution in [0.3, 0.4) is 0 Å². The molecule has 0 saturated heterocycles. The number of hydrogen-bond acceptors (Lipinski definition) is 4. The molecule has 1 amide bonds. The number of hydrogen-bond donors (Lipinski definition) is 3. The lowest BCUT2D eigenvalue weighted by Crippen LogP contribution is -2.32. The van der Waals surface area contributed by atoms with Crippen molar-refractivity contribution in [3.63, 3.8) is 0 Å². The van der Waals surface area contributed by atoms with Gasteiger partial charge in [-0.05, 0) is 43.4 Å². The summed E-state index contributed by atoms with van der Waals surface area (Å²) in [7, 11) is 1.96. The van der Waals surface area contributed by atoms with Gasteiger partial charge in [-0.2, -0.15) is 5.10 Å². The summed E-state index contributed by atoms with van der Waals surface area (Å²) in [5.74, 6) is 1.57. The number of aliphatic hydroxyl groups is 1. The number of fused-ring (bicyclic) bond motifs is 1. The SMILES string of the molecule is Cc1nc([C@H]2C[C@H](CNC(=O)c3ccc4ccn(C)c4c3)[C@H](O)C2)n[nH]1. The summed E-state index contributed by atoms with van der Waals surface area (Å²) in [5, 5.41) is 21.5. The number of nitrogens with zero attached hydrogens (tertiary/aromatic N) is 3. The lowest BCUT2D eigenvalue weighted by Gasteiger charge is -2.15. The van der Waals surface area contributed by atoms with Crippen molar-refractivity contribution in [2.24, 2.45) is 13.0 Å². The number of carbonyl (C=O) groups excluding carboxylic acids is 1. The van der Waals surface area contributed by atoms with Crippen LogP contribution in [0.2, 0.25) is 0 Å². The Balaban J connectivity index is 1.39. The van der Waals surface area contributed by atoms with E-state index in [-0.39, 0.29) is 17.7 Å². The number of H-pyrrole nitrogens is 1. The Kier molecular flexibility index (Phi) is 4.24. The van der Waals surface area contributed by atoms with E-state index in [9.17, 15) is 9.90 Å². The van der Waals surface area contributed by atoms with Crippen molar-refractivity contribution < 1.29 is 9.90 Å². The van der Waals surface area contributed by atoms with E-state index in [1.807, 2.05) is 49.0 Å². The van der Waals surface area contributed by atoms with Crippen molar-refractivity contribution in [2.45, 2.75) is 31.8 Å². The minimum absolute atomic E-state index is 0.0153. The highest BCUT2D eigenvalue weighted by Gasteiger charge is 2.35. The lowest BCUT2D eigenvalue weighted by molar-refractivity contribution is 0.0917. The van der Waals surface area contributed by atoms with Crippen molar-refractivity contribution in [3.8, 4) is 0 Å². The highest BCUT2D eigenvalue weighted by atomic mass is 16.3. The first-order valence-electron chi connectivity index (χ1n) is 8.91. The molecule has 0 aliphatic heterocycles. The van der Waals surface area contributed by atoms with Crippen molar-refractivity contribution in [1.82, 2.24) is 25.1 Å². The molecule has 4 rings (SSSR count). The van der Waals surface area contributed by atoms with E-state index in [0.717, 1.165) is 29.0 Å². The molecule has 3 aromatic rings. The molecule has 7 nitrogen and oxygen atoms in total. The summed E-state index contributed by atoms with van der Waals surface area (Å²) >= 11 is 0. The molecule has 3 atom stereocenters. The maximum atomic E-state index is 12.5. The second kappa shape index (κ2) is 6.57. The van der Waals surface area contributed by atoms with Crippen LogP contribution in [0.4, 0.5) is 0 Å². The fraction of sp³-hybridized carbons (Fsp3) is 0.421. The van der Waals surface area contributed by atoms with Gasteiger partial charge in [-0.1, -0.05) is 6.07 Å². The van der Waals surface area contributed by atoms with Crippen LogP contribution in [0.1, 0.15) is 40.8 Å². The number of aromatic nitrogens is 4. The Morgan fingerprint density at radius 3 is 3.00 bits per heavy atom. The lowest BCUT2D eigenvalue weighted by atomic mass is 10.0. The van der Waals surface area contributed by atoms with Crippen molar-refractivity contribution in [2.75, 3.05) is 6.54 Å². The number of aromatic amines is 1. The second-order valence-corrected chi connectivity index (χ2v) is 7.19. The maximum absolute atomic E-state index is 12.5. The van der Waals surface area contributed by atoms with Crippen molar-refractivity contribution in [1.29, 1.82) is 0 Å². The van der Waals surface area contributed by atoms with Crippen LogP contribution in [-0.2, 0) is 7.05 Å². The molecule has 2 heterocycles. The van der Waals surface area contributed by atoms with Crippen LogP contribution in [-0.4, -0.2) is 43.4 Å². The van der Waals surface area contributed by atoms with E-state index >= 15 is 0 Å². The average molecular weight is 353 g/mol. The molecule has 1 aromatic carbocycles. The molecule has 26 heavy (non-hydrogen) atoms. The number of benzene rings is 1. The van der Waals surface area contributed by atoms with E-state index in [4.69, 9.17) is 0 Å². The molecule has 0 radical (unpaired) electrons. The Bertz CT molecular complexity index is 944. The zero-order valence-corrected chi connectivity index (χ0v) is 14.9. The minimum Gasteiger partial charge on any atom is -0.393 e. The topological polar surface area (TPSA) is 95.8 Å². The summed E-state index contributed by atoms with van der Waals surface area (Å²) in [4.78, 5) is 16.9. The first-order valence-corrected chi connectivity index (χ1v) is 8.91. The van der Waals surface area contributed by atoms with Gasteiger partial charge in [0, 0.05) is 42.7 Å². The van der Waals surface area contributed by atoms with E-state index in [1.54, 1.807) is 0 Å². The predicted octanol–water partition coefficient (Wildman–Crippen LogP) is 1.89. The predicted molar refractivity (Wildman–Crippen MR) is 97.8 cm³/mol. The average Bonchev–Trinajstić information content (AvgIpc) is 3.32. The van der Waals surface area contributed by atoms with Crippen molar-refractivity contribution in [3.05, 3.63) is 47.7 Å². The molecule has 3 N–H and O–H groups in total. The van der Waals surface area contributed by atoms with Gasteiger partial charge in [-0.25, -0.2) is 4.98 Å². The van der Waals surface area contributed by atoms with Crippen molar-refractivity contribution >= 4 is 16.8 Å². The summed E-state index contributed by atoms with van der Waals surface area (Å²) in [5.41, 5.74) is 1.66. The van der Waals surface area contributed by atoms with Crippen LogP contribution in [0.25, 0.3) is 10.9 Å². The smallest absolute Gasteiger partial charge is 0.251 e. The second-order valence-electron chi connectivity index (χ2n) is 7.19. The Morgan fingerprint density at radius 1 is 1.38 bits per heavy atom. The highest BCUT2D eigenvalue weighted by Crippen LogP contribution is 2.36. The van der Waals surface area contributed by atoms with Gasteiger partial charge in [0.1, 0.15) is 5.82 Å². The Hall–Kier alpha value is -2.67. The molecule has 136 valence electrons. The number of amides is 1. The molecule has 0 unspecified atom stereocenters. The van der Waals surface area contributed by atoms with Gasteiger partial charge < -0.3 is 15.0 Å². The van der Waals surface area contributed by atoms with E-state index in [2.05, 4.69) is 20.5 Å². The fourth-order valence-electron chi connectivity index (χ4n) is 3.81. The minimum atomic E-state index is -0.450. The zero-order valence-electron chi connectivity index (χ0n) is 14.9. The summed E-state index contributed by atoms with van der Waals surface area (Å²) in [6, 6.07) is 7.71. The van der Waals surface area contributed by atoms with Gasteiger partial charge in [-0.3, -0.25) is 9.89 Å². The molecule has 0 bridgehead atoms. The maximum Gasteiger partial charge on any atom is 0.251 e. The van der Waals surface area contributed by atoms with Gasteiger partial charge in [0.05, 0.1) is 6.10 Å². The highest BCUT2D eigenvalue weighted by molar-refractivity contribution is 5.98. The number of aryl methyl sites for hydroxylation is 2. The summed E-state index contributed by atoms with van der Waals surface area (Å²) in [6.45, 7) is 2.31. The molecule has 0 spiro atoms. The van der Waals surface area contributed by atoms with Gasteiger partial charge in [-0.15, -0.1) is 0 Å². The molecule has 2 aromatic heterocycles. The summed E-state index contributed by atoms with van der Waals surface area (Å²) < 4.78 is 2.00. The van der Waals surface area contributed by atoms with Crippen LogP contribution in [0.15, 0.2) is 30.5 Å². The largest absolute Gasteiger partial charge is 0.393 e. The molecule has 1 fully saturated rings. The number of rotatable bonds is 4. The van der Waals surface area contributed by atoms with E-state index in [1.165, 1.54) is 0 Å². The standard InChI is InChI=1S/C19H23N5O2/c1-11-21-18(23-22-11)14-7-15(17(25)9-14)10-20-19(26)13-4-3-12-5-6-24(2)16(12)8-13/h3-6,8,14-15,17,25H,7,9-10H2,1-2H3,(H,20,26)(H,21,22,23)/t14-,15+,17+/m0/s1. The molecular weight excluding hydrogens is 330 g/mol. The third-order valence-electron chi connectivity index (χ3n) is 5.31. The van der Waals surface area contributed by atoms with E-state index in [0.29, 0.717) is 18.5 Å². The quantitative estimate of drug-likeness (QED) is 0.667. The van der Waals surface area contributed by atoms with Crippen LogP contribution in [0.5, 0.6) is 0 Å². The molecule has 1 aliphatic carbocycles. The number of carbonyl (C=O) groups is 1. The molecular formula is C19H23N5O2. The Morgan fingerprint density at radius 2 is 2.23 bits per heavy atom. The van der Waals surface area contributed by atoms with Gasteiger partial charge in [0.2, 0.25) is 0 Å². The zero-order chi connectivity index (χ0) is 18.3. The molecule has 1 aliphatic rings. The van der Waals surface area contributed by atoms with Crippen LogP contribution < -0.4 is 5.32 Å². The third-order valence-corrected chi connectivity index (χ3v) is 5.31. The van der Waals surface area contributed by atoms with Crippen LogP contribution >= 0.6 is 0 Å². The van der Waals surface area contributed by atoms with E-state index < -0.39 is 6.10 Å². The summed E-state index contributed by atoms with van der Waals surface area (Å²) in [6.07, 6.45) is 2.93. The normalized spacial score (nSPS) is 22.8. The Labute approximate surface area is 151 Å².